The standard InChI is InChI=1S/C14H16FN3O2/c1-2-13(16)10-5-6-17(8-10)9-11-7-12(15)3-4-14(11)18(19)20/h3-8,13H,2,9,16H2,1H3. The van der Waals surface area contributed by atoms with Crippen LogP contribution in [0, 0.1) is 15.9 Å². The molecule has 0 aliphatic heterocycles. The van der Waals surface area contributed by atoms with Crippen LogP contribution in [-0.2, 0) is 6.54 Å². The molecule has 1 aromatic heterocycles. The van der Waals surface area contributed by atoms with Crippen LogP contribution in [0.4, 0.5) is 10.1 Å². The maximum Gasteiger partial charge on any atom is 0.274 e. The SMILES string of the molecule is CCC(N)c1ccn(Cc2cc(F)ccc2[N+](=O)[O-])c1. The molecule has 2 N–H and O–H groups in total. The number of benzene rings is 1. The molecule has 0 radical (unpaired) electrons. The Balaban J connectivity index is 2.27. The fourth-order valence-electron chi connectivity index (χ4n) is 2.07. The second kappa shape index (κ2) is 5.83. The first-order valence-electron chi connectivity index (χ1n) is 6.35. The van der Waals surface area contributed by atoms with E-state index in [1.54, 1.807) is 10.8 Å². The average molecular weight is 277 g/mol. The minimum atomic E-state index is -0.503. The molecule has 1 heterocycles. The molecule has 5 nitrogen and oxygen atoms in total. The van der Waals surface area contributed by atoms with Crippen LogP contribution in [0.25, 0.3) is 0 Å². The Morgan fingerprint density at radius 3 is 2.85 bits per heavy atom. The number of nitro groups is 1. The maximum atomic E-state index is 13.2. The Morgan fingerprint density at radius 2 is 2.20 bits per heavy atom. The first-order chi connectivity index (χ1) is 9.51. The first-order valence-corrected chi connectivity index (χ1v) is 6.35. The van der Waals surface area contributed by atoms with E-state index >= 15 is 0 Å². The zero-order valence-corrected chi connectivity index (χ0v) is 11.1. The molecule has 6 heteroatoms. The van der Waals surface area contributed by atoms with Gasteiger partial charge in [-0.3, -0.25) is 10.1 Å². The molecule has 0 bridgehead atoms. The molecule has 0 amide bonds. The van der Waals surface area contributed by atoms with Gasteiger partial charge in [-0.05, 0) is 30.2 Å². The number of rotatable bonds is 5. The van der Waals surface area contributed by atoms with Crippen LogP contribution in [0.2, 0.25) is 0 Å². The van der Waals surface area contributed by atoms with Gasteiger partial charge in [0.1, 0.15) is 5.82 Å². The molecule has 2 rings (SSSR count). The molecule has 0 fully saturated rings. The zero-order chi connectivity index (χ0) is 14.7. The Morgan fingerprint density at radius 1 is 1.45 bits per heavy atom. The van der Waals surface area contributed by atoms with Crippen molar-refractivity contribution >= 4 is 5.69 Å². The summed E-state index contributed by atoms with van der Waals surface area (Å²) in [7, 11) is 0. The summed E-state index contributed by atoms with van der Waals surface area (Å²) >= 11 is 0. The molecular formula is C14H16FN3O2. The minimum absolute atomic E-state index is 0.0567. The van der Waals surface area contributed by atoms with Crippen molar-refractivity contribution in [3.05, 3.63) is 63.7 Å². The molecule has 0 aliphatic carbocycles. The number of hydrogen-bond acceptors (Lipinski definition) is 3. The van der Waals surface area contributed by atoms with Crippen molar-refractivity contribution in [2.75, 3.05) is 0 Å². The number of aromatic nitrogens is 1. The summed E-state index contributed by atoms with van der Waals surface area (Å²) in [4.78, 5) is 10.4. The molecule has 106 valence electrons. The molecule has 20 heavy (non-hydrogen) atoms. The first kappa shape index (κ1) is 14.2. The summed E-state index contributed by atoms with van der Waals surface area (Å²) in [6.07, 6.45) is 4.44. The lowest BCUT2D eigenvalue weighted by atomic mass is 10.1. The molecular weight excluding hydrogens is 261 g/mol. The van der Waals surface area contributed by atoms with E-state index in [2.05, 4.69) is 0 Å². The highest BCUT2D eigenvalue weighted by molar-refractivity contribution is 5.40. The highest BCUT2D eigenvalue weighted by Crippen LogP contribution is 2.22. The third-order valence-electron chi connectivity index (χ3n) is 3.23. The summed E-state index contributed by atoms with van der Waals surface area (Å²) < 4.78 is 15.0. The third kappa shape index (κ3) is 3.03. The fourth-order valence-corrected chi connectivity index (χ4v) is 2.07. The van der Waals surface area contributed by atoms with Gasteiger partial charge in [-0.15, -0.1) is 0 Å². The maximum absolute atomic E-state index is 13.2. The predicted octanol–water partition coefficient (Wildman–Crippen LogP) is 2.99. The van der Waals surface area contributed by atoms with Gasteiger partial charge in [0.05, 0.1) is 17.0 Å². The van der Waals surface area contributed by atoms with Crippen LogP contribution in [0.15, 0.2) is 36.7 Å². The summed E-state index contributed by atoms with van der Waals surface area (Å²) in [5, 5.41) is 10.9. The Bertz CT molecular complexity index is 625. The van der Waals surface area contributed by atoms with Gasteiger partial charge < -0.3 is 10.3 Å². The lowest BCUT2D eigenvalue weighted by Gasteiger charge is -2.07. The van der Waals surface area contributed by atoms with Crippen molar-refractivity contribution in [2.24, 2.45) is 5.73 Å². The van der Waals surface area contributed by atoms with E-state index in [0.717, 1.165) is 18.1 Å². The van der Waals surface area contributed by atoms with Crippen LogP contribution in [0.5, 0.6) is 0 Å². The van der Waals surface area contributed by atoms with Crippen molar-refractivity contribution in [2.45, 2.75) is 25.9 Å². The number of nitro benzene ring substituents is 1. The van der Waals surface area contributed by atoms with Gasteiger partial charge in [0.25, 0.3) is 5.69 Å². The van der Waals surface area contributed by atoms with E-state index in [4.69, 9.17) is 5.73 Å². The molecule has 1 unspecified atom stereocenters. The van der Waals surface area contributed by atoms with Crippen molar-refractivity contribution in [1.82, 2.24) is 4.57 Å². The van der Waals surface area contributed by atoms with Gasteiger partial charge in [-0.25, -0.2) is 4.39 Å². The number of hydrogen-bond donors (Lipinski definition) is 1. The van der Waals surface area contributed by atoms with Crippen molar-refractivity contribution in [3.8, 4) is 0 Å². The summed E-state index contributed by atoms with van der Waals surface area (Å²) in [5.74, 6) is -0.483. The van der Waals surface area contributed by atoms with E-state index in [1.807, 2.05) is 19.2 Å². The predicted molar refractivity (Wildman–Crippen MR) is 73.8 cm³/mol. The Kier molecular flexibility index (Phi) is 4.14. The molecule has 0 spiro atoms. The molecule has 2 aromatic rings. The van der Waals surface area contributed by atoms with Crippen molar-refractivity contribution in [3.63, 3.8) is 0 Å². The normalized spacial score (nSPS) is 12.3. The van der Waals surface area contributed by atoms with E-state index < -0.39 is 10.7 Å². The fraction of sp³-hybridized carbons (Fsp3) is 0.286. The monoisotopic (exact) mass is 277 g/mol. The second-order valence-electron chi connectivity index (χ2n) is 4.66. The number of nitrogens with zero attached hydrogens (tertiary/aromatic N) is 2. The Hall–Kier alpha value is -2.21. The lowest BCUT2D eigenvalue weighted by molar-refractivity contribution is -0.385. The lowest BCUT2D eigenvalue weighted by Crippen LogP contribution is -2.07. The highest BCUT2D eigenvalue weighted by Gasteiger charge is 2.15. The van der Waals surface area contributed by atoms with Crippen LogP contribution in [-0.4, -0.2) is 9.49 Å². The van der Waals surface area contributed by atoms with Crippen molar-refractivity contribution < 1.29 is 9.31 Å². The van der Waals surface area contributed by atoms with E-state index in [9.17, 15) is 14.5 Å². The van der Waals surface area contributed by atoms with Gasteiger partial charge in [-0.2, -0.15) is 0 Å². The van der Waals surface area contributed by atoms with Gasteiger partial charge in [0, 0.05) is 24.5 Å². The number of nitrogens with two attached hydrogens (primary N) is 1. The van der Waals surface area contributed by atoms with Gasteiger partial charge >= 0.3 is 0 Å². The van der Waals surface area contributed by atoms with Crippen LogP contribution in [0.1, 0.15) is 30.5 Å². The number of halogens is 1. The smallest absolute Gasteiger partial charge is 0.274 e. The molecule has 1 atom stereocenters. The van der Waals surface area contributed by atoms with Gasteiger partial charge in [0.15, 0.2) is 0 Å². The molecule has 1 aromatic carbocycles. The second-order valence-corrected chi connectivity index (χ2v) is 4.66. The third-order valence-corrected chi connectivity index (χ3v) is 3.23. The molecule has 0 saturated carbocycles. The van der Waals surface area contributed by atoms with E-state index in [1.165, 1.54) is 12.1 Å². The minimum Gasteiger partial charge on any atom is -0.349 e. The summed E-state index contributed by atoms with van der Waals surface area (Å²) in [5.41, 5.74) is 7.14. The van der Waals surface area contributed by atoms with Crippen molar-refractivity contribution in [1.29, 1.82) is 0 Å². The Labute approximate surface area is 116 Å². The quantitative estimate of drug-likeness (QED) is 0.674. The average Bonchev–Trinajstić information content (AvgIpc) is 2.86. The highest BCUT2D eigenvalue weighted by atomic mass is 19.1. The van der Waals surface area contributed by atoms with Crippen LogP contribution >= 0.6 is 0 Å². The van der Waals surface area contributed by atoms with Gasteiger partial charge in [-0.1, -0.05) is 6.92 Å². The zero-order valence-electron chi connectivity index (χ0n) is 11.1. The summed E-state index contributed by atoms with van der Waals surface area (Å²) in [6.45, 7) is 2.23. The topological polar surface area (TPSA) is 74.1 Å². The largest absolute Gasteiger partial charge is 0.349 e. The summed E-state index contributed by atoms with van der Waals surface area (Å²) in [6, 6.07) is 5.29. The molecule has 0 saturated heterocycles. The molecule has 0 aliphatic rings. The van der Waals surface area contributed by atoms with E-state index in [-0.39, 0.29) is 18.3 Å². The van der Waals surface area contributed by atoms with Crippen LogP contribution in [0.3, 0.4) is 0 Å². The van der Waals surface area contributed by atoms with Gasteiger partial charge in [0.2, 0.25) is 0 Å². The van der Waals surface area contributed by atoms with E-state index in [0.29, 0.717) is 5.56 Å². The van der Waals surface area contributed by atoms with Crippen LogP contribution < -0.4 is 5.73 Å².